The highest BCUT2D eigenvalue weighted by Crippen LogP contribution is 2.66. The van der Waals surface area contributed by atoms with E-state index in [4.69, 9.17) is 0 Å². The van der Waals surface area contributed by atoms with Crippen LogP contribution in [0.15, 0.2) is 60.7 Å². The Bertz CT molecular complexity index is 635. The summed E-state index contributed by atoms with van der Waals surface area (Å²) >= 11 is 0. The number of hydrogen-bond donors (Lipinski definition) is 1. The minimum Gasteiger partial charge on any atom is -0.598 e. The van der Waals surface area contributed by atoms with Gasteiger partial charge in [0.25, 0.3) is 7.49 Å². The quantitative estimate of drug-likeness (QED) is 0.401. The Morgan fingerprint density at radius 1 is 1.05 bits per heavy atom. The van der Waals surface area contributed by atoms with E-state index < -0.39 is 12.8 Å². The van der Waals surface area contributed by atoms with Crippen LogP contribution in [0.3, 0.4) is 0 Å². The Morgan fingerprint density at radius 3 is 2.00 bits per heavy atom. The molecular formula is C17H19NO3P+. The van der Waals surface area contributed by atoms with Crippen LogP contribution in [0.5, 0.6) is 0 Å². The van der Waals surface area contributed by atoms with Crippen LogP contribution in [-0.4, -0.2) is 21.1 Å². The molecule has 1 N–H and O–H groups in total. The van der Waals surface area contributed by atoms with E-state index in [9.17, 15) is 10.2 Å². The van der Waals surface area contributed by atoms with Crippen LogP contribution in [0.1, 0.15) is 19.8 Å². The van der Waals surface area contributed by atoms with E-state index in [0.717, 1.165) is 10.6 Å². The fourth-order valence-electron chi connectivity index (χ4n) is 3.17. The number of benzene rings is 2. The Kier molecular flexibility index (Phi) is 4.00. The van der Waals surface area contributed by atoms with Crippen molar-refractivity contribution < 1.29 is 19.9 Å². The van der Waals surface area contributed by atoms with Crippen LogP contribution >= 0.6 is 7.49 Å². The fourth-order valence-corrected chi connectivity index (χ4v) is 6.64. The maximum atomic E-state index is 11.8. The van der Waals surface area contributed by atoms with Gasteiger partial charge in [-0.2, -0.15) is 0 Å². The molecule has 0 spiro atoms. The number of hydroxylamine groups is 1. The molecule has 22 heavy (non-hydrogen) atoms. The summed E-state index contributed by atoms with van der Waals surface area (Å²) in [6.07, 6.45) is 3.11. The molecule has 1 heterocycles. The molecule has 1 aliphatic rings. The molecule has 5 heteroatoms. The van der Waals surface area contributed by atoms with Gasteiger partial charge in [-0.3, -0.25) is 0 Å². The molecular weight excluding hydrogens is 297 g/mol. The maximum Gasteiger partial charge on any atom is 0.338 e. The van der Waals surface area contributed by atoms with Gasteiger partial charge in [-0.05, 0) is 24.3 Å². The van der Waals surface area contributed by atoms with Crippen molar-refractivity contribution in [1.29, 1.82) is 0 Å². The molecule has 114 valence electrons. The summed E-state index contributed by atoms with van der Waals surface area (Å²) in [6, 6.07) is 19.2. The van der Waals surface area contributed by atoms with Gasteiger partial charge in [0.1, 0.15) is 10.6 Å². The van der Waals surface area contributed by atoms with Gasteiger partial charge in [0, 0.05) is 18.1 Å². The first-order valence-electron chi connectivity index (χ1n) is 7.29. The van der Waals surface area contributed by atoms with Gasteiger partial charge in [0.2, 0.25) is 0 Å². The Hall–Kier alpha value is -1.74. The van der Waals surface area contributed by atoms with Gasteiger partial charge in [-0.25, -0.2) is 4.89 Å². The second-order valence-corrected chi connectivity index (χ2v) is 8.91. The highest BCUT2D eigenvalue weighted by molar-refractivity contribution is 7.85. The number of nitrogens with zero attached hydrogens (tertiary/aromatic N) is 1. The average Bonchev–Trinajstić information content (AvgIpc) is 2.98. The lowest BCUT2D eigenvalue weighted by Crippen LogP contribution is -2.47. The number of rotatable bonds is 4. The van der Waals surface area contributed by atoms with Crippen LogP contribution < -0.4 is 15.9 Å². The van der Waals surface area contributed by atoms with Crippen LogP contribution in [-0.2, 0) is 4.99 Å². The lowest BCUT2D eigenvalue weighted by molar-refractivity contribution is -1.03. The van der Waals surface area contributed by atoms with Gasteiger partial charge in [0.15, 0.2) is 6.21 Å². The third-order valence-corrected chi connectivity index (χ3v) is 8.33. The average molecular weight is 316 g/mol. The lowest BCUT2D eigenvalue weighted by Gasteiger charge is -2.30. The van der Waals surface area contributed by atoms with Gasteiger partial charge < -0.3 is 10.2 Å². The lowest BCUT2D eigenvalue weighted by atomic mass is 10.2. The fraction of sp³-hybridized carbons (Fsp3) is 0.235. The molecule has 0 aliphatic carbocycles. The largest absolute Gasteiger partial charge is 0.598 e. The first kappa shape index (κ1) is 15.2. The van der Waals surface area contributed by atoms with Crippen LogP contribution in [0.4, 0.5) is 0 Å². The predicted molar refractivity (Wildman–Crippen MR) is 86.3 cm³/mol. The Labute approximate surface area is 130 Å². The minimum atomic E-state index is -2.84. The predicted octanol–water partition coefficient (Wildman–Crippen LogP) is 1.36. The van der Waals surface area contributed by atoms with E-state index in [0.29, 0.717) is 12.8 Å². The second kappa shape index (κ2) is 5.81. The van der Waals surface area contributed by atoms with Crippen molar-refractivity contribution in [3.05, 3.63) is 60.7 Å². The van der Waals surface area contributed by atoms with Crippen LogP contribution in [0, 0.1) is 0 Å². The molecule has 1 atom stereocenters. The third-order valence-electron chi connectivity index (χ3n) is 4.42. The minimum absolute atomic E-state index is 0.670. The van der Waals surface area contributed by atoms with E-state index in [1.165, 1.54) is 4.74 Å². The van der Waals surface area contributed by atoms with Gasteiger partial charge in [-0.15, -0.1) is 0 Å². The van der Waals surface area contributed by atoms with Crippen LogP contribution in [0.25, 0.3) is 0 Å². The molecule has 4 nitrogen and oxygen atoms in total. The van der Waals surface area contributed by atoms with E-state index in [-0.39, 0.29) is 0 Å². The van der Waals surface area contributed by atoms with Crippen molar-refractivity contribution in [2.24, 2.45) is 0 Å². The van der Waals surface area contributed by atoms with Crippen molar-refractivity contribution in [2.75, 3.05) is 0 Å². The smallest absolute Gasteiger partial charge is 0.338 e. The van der Waals surface area contributed by atoms with Gasteiger partial charge >= 0.3 is 5.28 Å². The highest BCUT2D eigenvalue weighted by atomic mass is 31.2. The van der Waals surface area contributed by atoms with Crippen molar-refractivity contribution >= 4 is 24.3 Å². The SMILES string of the molecule is CC1([P+](O)(c2ccccc2)c2ccccc2)CCC=[N+]1O[O-]. The summed E-state index contributed by atoms with van der Waals surface area (Å²) < 4.78 is 1.29. The summed E-state index contributed by atoms with van der Waals surface area (Å²) in [5.41, 5.74) is 0. The van der Waals surface area contributed by atoms with Crippen molar-refractivity contribution in [3.8, 4) is 0 Å². The van der Waals surface area contributed by atoms with Gasteiger partial charge in [-0.1, -0.05) is 36.4 Å². The molecule has 0 saturated carbocycles. The second-order valence-electron chi connectivity index (χ2n) is 5.65. The Morgan fingerprint density at radius 2 is 1.55 bits per heavy atom. The molecule has 3 rings (SSSR count). The Balaban J connectivity index is 2.23. The molecule has 0 aromatic heterocycles. The molecule has 0 radical (unpaired) electrons. The molecule has 0 fully saturated rings. The standard InChI is InChI=1S/C17H19NO3P/c1-17(13-8-14-18(17)21-19)22(20,15-9-4-2-5-10-15)16-11-6-3-7-12-16/h2-7,9-12,14,20H,8,13H2,1H3/q+1. The molecule has 1 aliphatic heterocycles. The zero-order chi connectivity index (χ0) is 15.6. The molecule has 0 bridgehead atoms. The summed E-state index contributed by atoms with van der Waals surface area (Å²) in [6.45, 7) is 1.90. The zero-order valence-electron chi connectivity index (χ0n) is 12.4. The van der Waals surface area contributed by atoms with Crippen molar-refractivity contribution in [2.45, 2.75) is 25.0 Å². The third kappa shape index (κ3) is 2.15. The van der Waals surface area contributed by atoms with Crippen LogP contribution in [0.2, 0.25) is 0 Å². The van der Waals surface area contributed by atoms with E-state index in [1.54, 1.807) is 6.21 Å². The molecule has 1 unspecified atom stereocenters. The number of hydrogen-bond acceptors (Lipinski definition) is 3. The highest BCUT2D eigenvalue weighted by Gasteiger charge is 2.69. The summed E-state index contributed by atoms with van der Waals surface area (Å²) in [5.74, 6) is 0. The van der Waals surface area contributed by atoms with E-state index >= 15 is 0 Å². The normalized spacial score (nSPS) is 21.5. The summed E-state index contributed by atoms with van der Waals surface area (Å²) in [5, 5.41) is 12.1. The van der Waals surface area contributed by atoms with Crippen molar-refractivity contribution in [3.63, 3.8) is 0 Å². The molecule has 2 aromatic rings. The zero-order valence-corrected chi connectivity index (χ0v) is 13.3. The van der Waals surface area contributed by atoms with E-state index in [1.807, 2.05) is 67.6 Å². The van der Waals surface area contributed by atoms with Gasteiger partial charge in [0.05, 0.1) is 6.42 Å². The summed E-state index contributed by atoms with van der Waals surface area (Å²) in [4.78, 5) is 16.2. The molecule has 0 amide bonds. The summed E-state index contributed by atoms with van der Waals surface area (Å²) in [7, 11) is -2.84. The van der Waals surface area contributed by atoms with E-state index in [2.05, 4.69) is 4.99 Å². The first-order chi connectivity index (χ1) is 10.6. The molecule has 0 saturated heterocycles. The molecule has 2 aromatic carbocycles. The maximum absolute atomic E-state index is 11.8. The monoisotopic (exact) mass is 316 g/mol. The van der Waals surface area contributed by atoms with Crippen molar-refractivity contribution in [1.82, 2.24) is 0 Å². The topological polar surface area (TPSA) is 55.5 Å². The first-order valence-corrected chi connectivity index (χ1v) is 9.03.